The van der Waals surface area contributed by atoms with Gasteiger partial charge in [0.1, 0.15) is 6.61 Å². The molecule has 0 aromatic carbocycles. The summed E-state index contributed by atoms with van der Waals surface area (Å²) in [4.78, 5) is 15.7. The number of nitrogens with two attached hydrogens (primary N) is 1. The van der Waals surface area contributed by atoms with E-state index in [1.165, 1.54) is 6.92 Å². The van der Waals surface area contributed by atoms with E-state index in [4.69, 9.17) is 15.5 Å². The number of carbonyl (C=O) groups excluding carboxylic acids is 1. The van der Waals surface area contributed by atoms with Crippen molar-refractivity contribution in [1.29, 1.82) is 0 Å². The number of aliphatic imine (C=N–C) groups is 1. The molecule has 0 bridgehead atoms. The number of nitrogens with zero attached hydrogens (tertiary/aromatic N) is 1. The van der Waals surface area contributed by atoms with E-state index in [2.05, 4.69) is 20.8 Å². The van der Waals surface area contributed by atoms with Gasteiger partial charge in [-0.05, 0) is 36.6 Å². The van der Waals surface area contributed by atoms with Gasteiger partial charge < -0.3 is 10.5 Å². The van der Waals surface area contributed by atoms with Crippen LogP contribution in [0.15, 0.2) is 4.99 Å². The van der Waals surface area contributed by atoms with Crippen LogP contribution in [0.3, 0.4) is 0 Å². The highest BCUT2D eigenvalue weighted by Gasteiger charge is 2.40. The summed E-state index contributed by atoms with van der Waals surface area (Å²) < 4.78 is 5.10. The molecule has 0 amide bonds. The lowest BCUT2D eigenvalue weighted by Gasteiger charge is -2.45. The molecule has 1 aliphatic carbocycles. The first-order valence-electron chi connectivity index (χ1n) is 7.85. The van der Waals surface area contributed by atoms with Crippen LogP contribution in [-0.4, -0.2) is 31.4 Å². The van der Waals surface area contributed by atoms with Crippen molar-refractivity contribution >= 4 is 12.2 Å². The van der Waals surface area contributed by atoms with Crippen molar-refractivity contribution in [1.82, 2.24) is 0 Å². The lowest BCUT2D eigenvalue weighted by atomic mass is 9.63. The van der Waals surface area contributed by atoms with Crippen molar-refractivity contribution in [2.75, 3.05) is 13.2 Å². The highest BCUT2D eigenvalue weighted by molar-refractivity contribution is 5.68. The molecule has 0 aromatic heterocycles. The van der Waals surface area contributed by atoms with Gasteiger partial charge in [-0.15, -0.1) is 0 Å². The molecule has 2 unspecified atom stereocenters. The molecule has 0 heterocycles. The average Bonchev–Trinajstić information content (AvgIpc) is 2.32. The molecular weight excluding hydrogens is 264 g/mol. The number of rotatable bonds is 5. The molecule has 122 valence electrons. The molecule has 4 heteroatoms. The Bertz CT molecular complexity index is 402. The first-order valence-corrected chi connectivity index (χ1v) is 7.85. The quantitative estimate of drug-likeness (QED) is 0.626. The number of hydrogen-bond donors (Lipinski definition) is 1. The molecule has 0 radical (unpaired) electrons. The van der Waals surface area contributed by atoms with Crippen molar-refractivity contribution in [2.45, 2.75) is 66.8 Å². The van der Waals surface area contributed by atoms with E-state index in [1.807, 2.05) is 20.1 Å². The Morgan fingerprint density at radius 2 is 2.00 bits per heavy atom. The normalized spacial score (nSPS) is 29.6. The molecule has 0 spiro atoms. The third kappa shape index (κ3) is 6.16. The van der Waals surface area contributed by atoms with Gasteiger partial charge in [0, 0.05) is 18.6 Å². The van der Waals surface area contributed by atoms with Crippen LogP contribution in [0.4, 0.5) is 0 Å². The second-order valence-corrected chi connectivity index (χ2v) is 8.46. The van der Waals surface area contributed by atoms with Crippen molar-refractivity contribution < 1.29 is 9.53 Å². The third-order valence-electron chi connectivity index (χ3n) is 4.20. The lowest BCUT2D eigenvalue weighted by Crippen LogP contribution is -2.42. The van der Waals surface area contributed by atoms with Crippen LogP contribution < -0.4 is 5.73 Å². The van der Waals surface area contributed by atoms with Gasteiger partial charge in [-0.3, -0.25) is 9.79 Å². The summed E-state index contributed by atoms with van der Waals surface area (Å²) in [5.41, 5.74) is 6.19. The zero-order valence-electron chi connectivity index (χ0n) is 14.5. The Morgan fingerprint density at radius 3 is 2.52 bits per heavy atom. The Kier molecular flexibility index (Phi) is 5.59. The SMILES string of the molecule is CC(=O)OCC(C)(C)C=NC1CC(C)(C)CC(C)(CN)C1. The number of carbonyl (C=O) groups is 1. The topological polar surface area (TPSA) is 64.7 Å². The minimum absolute atomic E-state index is 0.170. The second-order valence-electron chi connectivity index (χ2n) is 8.46. The molecule has 0 aromatic rings. The van der Waals surface area contributed by atoms with E-state index in [-0.39, 0.29) is 22.2 Å². The minimum Gasteiger partial charge on any atom is -0.465 e. The summed E-state index contributed by atoms with van der Waals surface area (Å²) in [6.07, 6.45) is 5.23. The zero-order valence-corrected chi connectivity index (χ0v) is 14.5. The van der Waals surface area contributed by atoms with E-state index >= 15 is 0 Å². The van der Waals surface area contributed by atoms with Gasteiger partial charge in [0.05, 0.1) is 6.04 Å². The Hall–Kier alpha value is -0.900. The van der Waals surface area contributed by atoms with Gasteiger partial charge in [0.2, 0.25) is 0 Å². The van der Waals surface area contributed by atoms with Gasteiger partial charge in [0.15, 0.2) is 0 Å². The zero-order chi connectivity index (χ0) is 16.3. The maximum absolute atomic E-state index is 10.9. The fraction of sp³-hybridized carbons (Fsp3) is 0.882. The highest BCUT2D eigenvalue weighted by Crippen LogP contribution is 2.46. The molecule has 2 atom stereocenters. The van der Waals surface area contributed by atoms with Crippen LogP contribution in [0.5, 0.6) is 0 Å². The number of esters is 1. The van der Waals surface area contributed by atoms with Crippen LogP contribution in [0.25, 0.3) is 0 Å². The summed E-state index contributed by atoms with van der Waals surface area (Å²) in [5.74, 6) is -0.244. The lowest BCUT2D eigenvalue weighted by molar-refractivity contribution is -0.142. The smallest absolute Gasteiger partial charge is 0.302 e. The van der Waals surface area contributed by atoms with Crippen molar-refractivity contribution in [3.8, 4) is 0 Å². The largest absolute Gasteiger partial charge is 0.465 e. The predicted molar refractivity (Wildman–Crippen MR) is 87.5 cm³/mol. The van der Waals surface area contributed by atoms with Crippen LogP contribution in [0.2, 0.25) is 0 Å². The molecular formula is C17H32N2O2. The van der Waals surface area contributed by atoms with Crippen molar-refractivity contribution in [3.05, 3.63) is 0 Å². The van der Waals surface area contributed by atoms with Gasteiger partial charge in [-0.2, -0.15) is 0 Å². The van der Waals surface area contributed by atoms with E-state index in [9.17, 15) is 4.79 Å². The van der Waals surface area contributed by atoms with Crippen molar-refractivity contribution in [3.63, 3.8) is 0 Å². The fourth-order valence-corrected chi connectivity index (χ4v) is 3.47. The first kappa shape index (κ1) is 18.1. The van der Waals surface area contributed by atoms with Crippen molar-refractivity contribution in [2.24, 2.45) is 27.0 Å². The van der Waals surface area contributed by atoms with Gasteiger partial charge in [-0.1, -0.05) is 34.6 Å². The molecule has 1 fully saturated rings. The van der Waals surface area contributed by atoms with E-state index in [0.29, 0.717) is 19.2 Å². The average molecular weight is 296 g/mol. The molecule has 1 rings (SSSR count). The fourth-order valence-electron chi connectivity index (χ4n) is 3.47. The van der Waals surface area contributed by atoms with Gasteiger partial charge in [0.25, 0.3) is 0 Å². The minimum atomic E-state index is -0.244. The van der Waals surface area contributed by atoms with Crippen LogP contribution in [-0.2, 0) is 9.53 Å². The highest BCUT2D eigenvalue weighted by atomic mass is 16.5. The maximum Gasteiger partial charge on any atom is 0.302 e. The van der Waals surface area contributed by atoms with E-state index in [0.717, 1.165) is 19.3 Å². The van der Waals surface area contributed by atoms with Crippen LogP contribution >= 0.6 is 0 Å². The molecule has 21 heavy (non-hydrogen) atoms. The van der Waals surface area contributed by atoms with E-state index in [1.54, 1.807) is 0 Å². The molecule has 0 saturated heterocycles. The summed E-state index contributed by atoms with van der Waals surface area (Å²) in [6.45, 7) is 13.4. The van der Waals surface area contributed by atoms with Gasteiger partial charge >= 0.3 is 5.97 Å². The summed E-state index contributed by atoms with van der Waals surface area (Å²) in [5, 5.41) is 0. The molecule has 0 aliphatic heterocycles. The predicted octanol–water partition coefficient (Wildman–Crippen LogP) is 3.19. The molecule has 1 aliphatic rings. The Balaban J connectivity index is 2.72. The molecule has 4 nitrogen and oxygen atoms in total. The summed E-state index contributed by atoms with van der Waals surface area (Å²) in [7, 11) is 0. The molecule has 1 saturated carbocycles. The van der Waals surface area contributed by atoms with Crippen LogP contribution in [0, 0.1) is 16.2 Å². The van der Waals surface area contributed by atoms with Crippen LogP contribution in [0.1, 0.15) is 60.8 Å². The summed E-state index contributed by atoms with van der Waals surface area (Å²) >= 11 is 0. The second kappa shape index (κ2) is 6.47. The van der Waals surface area contributed by atoms with Gasteiger partial charge in [-0.25, -0.2) is 0 Å². The first-order chi connectivity index (χ1) is 9.47. The maximum atomic E-state index is 10.9. The number of hydrogen-bond acceptors (Lipinski definition) is 4. The molecule has 2 N–H and O–H groups in total. The Labute approximate surface area is 129 Å². The summed E-state index contributed by atoms with van der Waals surface area (Å²) in [6, 6.07) is 0.305. The monoisotopic (exact) mass is 296 g/mol. The third-order valence-corrected chi connectivity index (χ3v) is 4.20. The standard InChI is InChI=1S/C17H32N2O2/c1-13(20)21-12-16(4,5)11-19-14-7-15(2,3)9-17(6,8-14)10-18/h11,14H,7-10,12,18H2,1-6H3. The Morgan fingerprint density at radius 1 is 1.38 bits per heavy atom. The number of ether oxygens (including phenoxy) is 1. The van der Waals surface area contributed by atoms with E-state index < -0.39 is 0 Å².